The lowest BCUT2D eigenvalue weighted by atomic mass is 10.1. The van der Waals surface area contributed by atoms with Gasteiger partial charge >= 0.3 is 0 Å². The molecular weight excluding hydrogens is 402 g/mol. The van der Waals surface area contributed by atoms with Crippen molar-refractivity contribution < 1.29 is 14.3 Å². The second kappa shape index (κ2) is 9.47. The summed E-state index contributed by atoms with van der Waals surface area (Å²) >= 11 is 0. The zero-order chi connectivity index (χ0) is 22.7. The number of amides is 1. The molecule has 0 atom stereocenters. The van der Waals surface area contributed by atoms with Crippen LogP contribution in [0.2, 0.25) is 0 Å². The Hall–Kier alpha value is -3.28. The number of rotatable bonds is 9. The van der Waals surface area contributed by atoms with Gasteiger partial charge < -0.3 is 14.4 Å². The molecule has 1 fully saturated rings. The summed E-state index contributed by atoms with van der Waals surface area (Å²) in [7, 11) is 1.64. The molecule has 2 aromatic carbocycles. The first-order valence-corrected chi connectivity index (χ1v) is 11.2. The first-order chi connectivity index (χ1) is 15.5. The van der Waals surface area contributed by atoms with Crippen LogP contribution in [0, 0.1) is 18.8 Å². The van der Waals surface area contributed by atoms with Crippen molar-refractivity contribution in [3.05, 3.63) is 65.9 Å². The summed E-state index contributed by atoms with van der Waals surface area (Å²) in [6.07, 6.45) is 1.98. The Morgan fingerprint density at radius 1 is 1.09 bits per heavy atom. The summed E-state index contributed by atoms with van der Waals surface area (Å²) < 4.78 is 13.5. The predicted octanol–water partition coefficient (Wildman–Crippen LogP) is 5.38. The number of carbonyl (C=O) groups excluding carboxylic acids is 1. The van der Waals surface area contributed by atoms with Gasteiger partial charge in [0.15, 0.2) is 0 Å². The van der Waals surface area contributed by atoms with Gasteiger partial charge in [-0.25, -0.2) is 4.68 Å². The molecular formula is C26H31N3O3. The van der Waals surface area contributed by atoms with Crippen LogP contribution in [-0.2, 0) is 11.3 Å². The fourth-order valence-electron chi connectivity index (χ4n) is 3.78. The molecule has 3 aromatic rings. The van der Waals surface area contributed by atoms with Crippen LogP contribution in [0.5, 0.6) is 17.4 Å². The third kappa shape index (κ3) is 4.96. The third-order valence-electron chi connectivity index (χ3n) is 5.58. The largest absolute Gasteiger partial charge is 0.497 e. The van der Waals surface area contributed by atoms with Gasteiger partial charge in [0.05, 0.1) is 30.6 Å². The van der Waals surface area contributed by atoms with Crippen LogP contribution < -0.4 is 9.47 Å². The molecule has 1 heterocycles. The number of carbonyl (C=O) groups is 1. The molecule has 4 rings (SSSR count). The molecule has 1 aliphatic rings. The fourth-order valence-corrected chi connectivity index (χ4v) is 3.78. The number of benzene rings is 2. The van der Waals surface area contributed by atoms with Gasteiger partial charge in [0, 0.05) is 12.5 Å². The first-order valence-electron chi connectivity index (χ1n) is 11.2. The Kier molecular flexibility index (Phi) is 6.49. The van der Waals surface area contributed by atoms with E-state index in [2.05, 4.69) is 13.8 Å². The molecule has 1 aliphatic carbocycles. The normalized spacial score (nSPS) is 13.3. The number of aryl methyl sites for hydroxylation is 1. The molecule has 0 N–H and O–H groups in total. The van der Waals surface area contributed by atoms with Crippen molar-refractivity contribution in [1.82, 2.24) is 14.7 Å². The van der Waals surface area contributed by atoms with Gasteiger partial charge in [0.2, 0.25) is 11.8 Å². The van der Waals surface area contributed by atoms with E-state index >= 15 is 0 Å². The van der Waals surface area contributed by atoms with Gasteiger partial charge in [-0.15, -0.1) is 0 Å². The maximum Gasteiger partial charge on any atom is 0.227 e. The number of hydrogen-bond acceptors (Lipinski definition) is 4. The van der Waals surface area contributed by atoms with Gasteiger partial charge in [-0.05, 0) is 62.1 Å². The summed E-state index contributed by atoms with van der Waals surface area (Å²) in [6, 6.07) is 17.4. The van der Waals surface area contributed by atoms with Crippen molar-refractivity contribution in [2.45, 2.75) is 40.2 Å². The molecule has 1 amide bonds. The van der Waals surface area contributed by atoms with Gasteiger partial charge in [0.1, 0.15) is 11.5 Å². The third-order valence-corrected chi connectivity index (χ3v) is 5.58. The van der Waals surface area contributed by atoms with Gasteiger partial charge in [0.25, 0.3) is 0 Å². The minimum absolute atomic E-state index is 0.171. The first kappa shape index (κ1) is 21.9. The van der Waals surface area contributed by atoms with Crippen LogP contribution in [0.1, 0.15) is 37.9 Å². The molecule has 0 unspecified atom stereocenters. The van der Waals surface area contributed by atoms with E-state index in [0.717, 1.165) is 35.5 Å². The van der Waals surface area contributed by atoms with Crippen LogP contribution in [0.3, 0.4) is 0 Å². The van der Waals surface area contributed by atoms with Crippen molar-refractivity contribution in [2.24, 2.45) is 11.8 Å². The van der Waals surface area contributed by atoms with E-state index in [-0.39, 0.29) is 11.8 Å². The Labute approximate surface area is 189 Å². The molecule has 0 saturated heterocycles. The second-order valence-electron chi connectivity index (χ2n) is 8.78. The second-order valence-corrected chi connectivity index (χ2v) is 8.78. The summed E-state index contributed by atoms with van der Waals surface area (Å²) in [5, 5.41) is 4.79. The quantitative estimate of drug-likeness (QED) is 0.455. The van der Waals surface area contributed by atoms with Crippen LogP contribution in [0.25, 0.3) is 5.69 Å². The Balaban J connectivity index is 1.72. The zero-order valence-corrected chi connectivity index (χ0v) is 19.2. The van der Waals surface area contributed by atoms with Gasteiger partial charge in [-0.3, -0.25) is 4.79 Å². The lowest BCUT2D eigenvalue weighted by molar-refractivity contribution is -0.133. The number of nitrogens with zero attached hydrogens (tertiary/aromatic N) is 3. The number of aromatic nitrogens is 2. The van der Waals surface area contributed by atoms with E-state index in [1.165, 1.54) is 0 Å². The molecule has 0 spiro atoms. The Morgan fingerprint density at radius 2 is 1.75 bits per heavy atom. The van der Waals surface area contributed by atoms with Gasteiger partial charge in [-0.1, -0.05) is 32.0 Å². The van der Waals surface area contributed by atoms with Crippen LogP contribution in [-0.4, -0.2) is 34.2 Å². The molecule has 0 radical (unpaired) electrons. The highest BCUT2D eigenvalue weighted by atomic mass is 16.5. The number of methoxy groups -OCH3 is 1. The average molecular weight is 434 g/mol. The van der Waals surface area contributed by atoms with E-state index in [4.69, 9.17) is 14.6 Å². The van der Waals surface area contributed by atoms with Crippen LogP contribution >= 0.6 is 0 Å². The molecule has 1 saturated carbocycles. The van der Waals surface area contributed by atoms with Crippen molar-refractivity contribution in [3.8, 4) is 23.1 Å². The summed E-state index contributed by atoms with van der Waals surface area (Å²) in [4.78, 5) is 15.0. The lowest BCUT2D eigenvalue weighted by Gasteiger charge is -2.25. The van der Waals surface area contributed by atoms with Crippen LogP contribution in [0.15, 0.2) is 54.6 Å². The van der Waals surface area contributed by atoms with Crippen LogP contribution in [0.4, 0.5) is 0 Å². The molecule has 0 bridgehead atoms. The average Bonchev–Trinajstić information content (AvgIpc) is 3.60. The van der Waals surface area contributed by atoms with E-state index < -0.39 is 0 Å². The highest BCUT2D eigenvalue weighted by molar-refractivity contribution is 5.81. The minimum Gasteiger partial charge on any atom is -0.497 e. The summed E-state index contributed by atoms with van der Waals surface area (Å²) in [6.45, 7) is 7.46. The molecule has 6 heteroatoms. The Morgan fingerprint density at radius 3 is 2.34 bits per heavy atom. The topological polar surface area (TPSA) is 56.6 Å². The molecule has 6 nitrogen and oxygen atoms in total. The predicted molar refractivity (Wildman–Crippen MR) is 124 cm³/mol. The highest BCUT2D eigenvalue weighted by Gasteiger charge is 2.34. The van der Waals surface area contributed by atoms with Crippen molar-refractivity contribution in [2.75, 3.05) is 13.7 Å². The standard InChI is InChI=1S/C26H31N3O3/c1-18(2)16-28(25(30)20-10-11-20)17-24-19(3)27-29(21-8-6-5-7-9-21)26(24)32-23-14-12-22(31-4)13-15-23/h5-9,12-15,18,20H,10-11,16-17H2,1-4H3. The summed E-state index contributed by atoms with van der Waals surface area (Å²) in [5.41, 5.74) is 2.70. The maximum atomic E-state index is 13.0. The monoisotopic (exact) mass is 433 g/mol. The van der Waals surface area contributed by atoms with E-state index in [9.17, 15) is 4.79 Å². The maximum absolute atomic E-state index is 13.0. The minimum atomic E-state index is 0.171. The summed E-state index contributed by atoms with van der Waals surface area (Å²) in [5.74, 6) is 2.88. The van der Waals surface area contributed by atoms with Crippen molar-refractivity contribution in [3.63, 3.8) is 0 Å². The Bertz CT molecular complexity index is 1050. The number of hydrogen-bond donors (Lipinski definition) is 0. The number of ether oxygens (including phenoxy) is 2. The fraction of sp³-hybridized carbons (Fsp3) is 0.385. The van der Waals surface area contributed by atoms with Crippen molar-refractivity contribution in [1.29, 1.82) is 0 Å². The molecule has 32 heavy (non-hydrogen) atoms. The highest BCUT2D eigenvalue weighted by Crippen LogP contribution is 2.35. The lowest BCUT2D eigenvalue weighted by Crippen LogP contribution is -2.35. The van der Waals surface area contributed by atoms with E-state index in [0.29, 0.717) is 30.6 Å². The molecule has 168 valence electrons. The molecule has 1 aromatic heterocycles. The zero-order valence-electron chi connectivity index (χ0n) is 19.2. The SMILES string of the molecule is COc1ccc(Oc2c(CN(CC(C)C)C(=O)C3CC3)c(C)nn2-c2ccccc2)cc1. The molecule has 0 aliphatic heterocycles. The number of para-hydroxylation sites is 1. The van der Waals surface area contributed by atoms with E-state index in [1.54, 1.807) is 7.11 Å². The smallest absolute Gasteiger partial charge is 0.227 e. The van der Waals surface area contributed by atoms with Crippen molar-refractivity contribution >= 4 is 5.91 Å². The van der Waals surface area contributed by atoms with E-state index in [1.807, 2.05) is 71.1 Å². The van der Waals surface area contributed by atoms with Gasteiger partial charge in [-0.2, -0.15) is 5.10 Å².